The molecule has 2 heterocycles. The van der Waals surface area contributed by atoms with Crippen molar-refractivity contribution >= 4 is 23.2 Å². The van der Waals surface area contributed by atoms with Crippen molar-refractivity contribution in [3.8, 4) is 11.5 Å². The number of rotatable bonds is 7. The minimum Gasteiger partial charge on any atom is -0.489 e. The summed E-state index contributed by atoms with van der Waals surface area (Å²) in [6.07, 6.45) is 1.69. The molecule has 4 rings (SSSR count). The van der Waals surface area contributed by atoms with Crippen molar-refractivity contribution < 1.29 is 14.3 Å². The van der Waals surface area contributed by atoms with Crippen molar-refractivity contribution in [1.82, 2.24) is 9.80 Å². The van der Waals surface area contributed by atoms with Crippen molar-refractivity contribution in [3.63, 3.8) is 0 Å². The molecule has 7 heteroatoms. The monoisotopic (exact) mass is 471 g/mol. The molecule has 0 aromatic heterocycles. The Hall–Kier alpha value is -2.44. The highest BCUT2D eigenvalue weighted by atomic mass is 35.5. The van der Waals surface area contributed by atoms with Gasteiger partial charge in [0.15, 0.2) is 11.5 Å². The third-order valence-electron chi connectivity index (χ3n) is 6.20. The Morgan fingerprint density at radius 2 is 2.03 bits per heavy atom. The second-order valence-electron chi connectivity index (χ2n) is 9.49. The standard InChI is InChI=1S/C26H34ClN3O3/c1-18(2)14-30(15-19-12-22(27)25-24(13-19)32-10-5-11-33-25)26(31)21-8-9-29(17-21)16-20-6-3-4-7-23(20)28/h3-4,6-7,12-13,18,21H,5,8-11,14-17,28H2,1-2H3/t21-/m1/s1. The smallest absolute Gasteiger partial charge is 0.227 e. The largest absolute Gasteiger partial charge is 0.489 e. The molecule has 1 fully saturated rings. The van der Waals surface area contributed by atoms with Crippen LogP contribution in [0, 0.1) is 11.8 Å². The van der Waals surface area contributed by atoms with Crippen LogP contribution in [0.3, 0.4) is 0 Å². The predicted octanol–water partition coefficient (Wildman–Crippen LogP) is 4.59. The van der Waals surface area contributed by atoms with Crippen LogP contribution in [0.2, 0.25) is 5.02 Å². The third kappa shape index (κ3) is 5.92. The highest BCUT2D eigenvalue weighted by molar-refractivity contribution is 6.32. The first kappa shape index (κ1) is 23.7. The number of fused-ring (bicyclic) bond motifs is 1. The Balaban J connectivity index is 1.45. The number of likely N-dealkylation sites (tertiary alicyclic amines) is 1. The number of para-hydroxylation sites is 1. The lowest BCUT2D eigenvalue weighted by Crippen LogP contribution is -2.39. The molecule has 2 aromatic rings. The number of benzene rings is 2. The van der Waals surface area contributed by atoms with Gasteiger partial charge in [0, 0.05) is 38.3 Å². The molecular formula is C26H34ClN3O3. The molecule has 0 aliphatic carbocycles. The average Bonchev–Trinajstić information content (AvgIpc) is 3.10. The number of anilines is 1. The second kappa shape index (κ2) is 10.7. The molecule has 1 atom stereocenters. The molecule has 2 aliphatic rings. The molecular weight excluding hydrogens is 438 g/mol. The van der Waals surface area contributed by atoms with Crippen molar-refractivity contribution in [3.05, 3.63) is 52.5 Å². The van der Waals surface area contributed by atoms with Gasteiger partial charge in [-0.2, -0.15) is 0 Å². The summed E-state index contributed by atoms with van der Waals surface area (Å²) in [5.74, 6) is 1.83. The molecule has 0 spiro atoms. The molecule has 1 saturated heterocycles. The quantitative estimate of drug-likeness (QED) is 0.598. The van der Waals surface area contributed by atoms with E-state index < -0.39 is 0 Å². The second-order valence-corrected chi connectivity index (χ2v) is 9.89. The predicted molar refractivity (Wildman–Crippen MR) is 132 cm³/mol. The van der Waals surface area contributed by atoms with E-state index >= 15 is 0 Å². The van der Waals surface area contributed by atoms with Gasteiger partial charge in [-0.15, -0.1) is 0 Å². The summed E-state index contributed by atoms with van der Waals surface area (Å²) in [6.45, 7) is 9.11. The van der Waals surface area contributed by atoms with E-state index in [1.165, 1.54) is 0 Å². The van der Waals surface area contributed by atoms with Crippen LogP contribution in [0.4, 0.5) is 5.69 Å². The summed E-state index contributed by atoms with van der Waals surface area (Å²) in [7, 11) is 0. The van der Waals surface area contributed by atoms with Crippen LogP contribution >= 0.6 is 11.6 Å². The fraction of sp³-hybridized carbons (Fsp3) is 0.500. The SMILES string of the molecule is CC(C)CN(Cc1cc(Cl)c2c(c1)OCCCO2)C(=O)[C@@H]1CCN(Cc2ccccc2N)C1. The van der Waals surface area contributed by atoms with Gasteiger partial charge in [0.1, 0.15) is 0 Å². The van der Waals surface area contributed by atoms with E-state index in [-0.39, 0.29) is 11.8 Å². The first-order chi connectivity index (χ1) is 15.9. The van der Waals surface area contributed by atoms with E-state index in [1.54, 1.807) is 0 Å². The van der Waals surface area contributed by atoms with Gasteiger partial charge < -0.3 is 20.1 Å². The van der Waals surface area contributed by atoms with Crippen molar-refractivity contribution in [2.24, 2.45) is 11.8 Å². The minimum atomic E-state index is -0.00966. The Labute approximate surface area is 201 Å². The van der Waals surface area contributed by atoms with Gasteiger partial charge in [0.05, 0.1) is 24.2 Å². The van der Waals surface area contributed by atoms with Crippen molar-refractivity contribution in [2.45, 2.75) is 39.8 Å². The molecule has 0 unspecified atom stereocenters. The van der Waals surface area contributed by atoms with Gasteiger partial charge in [0.2, 0.25) is 5.91 Å². The first-order valence-corrected chi connectivity index (χ1v) is 12.2. The van der Waals surface area contributed by atoms with Crippen molar-refractivity contribution in [2.75, 3.05) is 38.6 Å². The van der Waals surface area contributed by atoms with Crippen molar-refractivity contribution in [1.29, 1.82) is 0 Å². The van der Waals surface area contributed by atoms with Crippen LogP contribution in [0.1, 0.15) is 37.8 Å². The molecule has 2 aromatic carbocycles. The summed E-state index contributed by atoms with van der Waals surface area (Å²) in [5.41, 5.74) is 9.01. The van der Waals surface area contributed by atoms with E-state index in [4.69, 9.17) is 26.8 Å². The average molecular weight is 472 g/mol. The Kier molecular flexibility index (Phi) is 7.66. The maximum absolute atomic E-state index is 13.6. The summed E-state index contributed by atoms with van der Waals surface area (Å²) in [5, 5.41) is 0.536. The molecule has 1 amide bonds. The van der Waals surface area contributed by atoms with Crippen LogP contribution in [-0.4, -0.2) is 48.6 Å². The number of hydrogen-bond acceptors (Lipinski definition) is 5. The van der Waals surface area contributed by atoms with Gasteiger partial charge >= 0.3 is 0 Å². The number of carbonyl (C=O) groups is 1. The highest BCUT2D eigenvalue weighted by Gasteiger charge is 2.32. The van der Waals surface area contributed by atoms with Crippen LogP contribution in [0.15, 0.2) is 36.4 Å². The van der Waals surface area contributed by atoms with Crippen LogP contribution in [0.25, 0.3) is 0 Å². The molecule has 2 N–H and O–H groups in total. The van der Waals surface area contributed by atoms with E-state index in [0.29, 0.717) is 48.7 Å². The van der Waals surface area contributed by atoms with Gasteiger partial charge in [0.25, 0.3) is 0 Å². The fourth-order valence-electron chi connectivity index (χ4n) is 4.62. The van der Waals surface area contributed by atoms with Gasteiger partial charge in [-0.25, -0.2) is 0 Å². The normalized spacial score (nSPS) is 18.4. The van der Waals surface area contributed by atoms with E-state index in [0.717, 1.165) is 49.3 Å². The zero-order chi connectivity index (χ0) is 23.4. The number of halogens is 1. The lowest BCUT2D eigenvalue weighted by molar-refractivity contribution is -0.136. The molecule has 0 bridgehead atoms. The van der Waals surface area contributed by atoms with Crippen LogP contribution < -0.4 is 15.2 Å². The summed E-state index contributed by atoms with van der Waals surface area (Å²) in [6, 6.07) is 11.8. The topological polar surface area (TPSA) is 68.0 Å². The number of nitrogen functional groups attached to an aromatic ring is 1. The number of ether oxygens (including phenoxy) is 2. The Morgan fingerprint density at radius 1 is 1.24 bits per heavy atom. The zero-order valence-electron chi connectivity index (χ0n) is 19.6. The Morgan fingerprint density at radius 3 is 2.82 bits per heavy atom. The number of carbonyl (C=O) groups excluding carboxylic acids is 1. The fourth-order valence-corrected chi connectivity index (χ4v) is 4.91. The maximum Gasteiger partial charge on any atom is 0.227 e. The Bertz CT molecular complexity index is 981. The zero-order valence-corrected chi connectivity index (χ0v) is 20.3. The van der Waals surface area contributed by atoms with E-state index in [2.05, 4.69) is 24.8 Å². The lowest BCUT2D eigenvalue weighted by Gasteiger charge is -2.28. The van der Waals surface area contributed by atoms with Crippen LogP contribution in [0.5, 0.6) is 11.5 Å². The maximum atomic E-state index is 13.6. The lowest BCUT2D eigenvalue weighted by atomic mass is 10.0. The summed E-state index contributed by atoms with van der Waals surface area (Å²) < 4.78 is 11.6. The van der Waals surface area contributed by atoms with E-state index in [9.17, 15) is 4.79 Å². The number of nitrogens with two attached hydrogens (primary N) is 1. The van der Waals surface area contributed by atoms with E-state index in [1.807, 2.05) is 35.2 Å². The van der Waals surface area contributed by atoms with Gasteiger partial charge in [-0.05, 0) is 48.2 Å². The molecule has 33 heavy (non-hydrogen) atoms. The number of amides is 1. The molecule has 2 aliphatic heterocycles. The number of hydrogen-bond donors (Lipinski definition) is 1. The van der Waals surface area contributed by atoms with Gasteiger partial charge in [-0.3, -0.25) is 9.69 Å². The minimum absolute atomic E-state index is 0.00966. The number of nitrogens with zero attached hydrogens (tertiary/aromatic N) is 2. The molecule has 6 nitrogen and oxygen atoms in total. The first-order valence-electron chi connectivity index (χ1n) is 11.8. The third-order valence-corrected chi connectivity index (χ3v) is 6.48. The van der Waals surface area contributed by atoms with Gasteiger partial charge in [-0.1, -0.05) is 43.6 Å². The summed E-state index contributed by atoms with van der Waals surface area (Å²) in [4.78, 5) is 17.9. The highest BCUT2D eigenvalue weighted by Crippen LogP contribution is 2.38. The molecule has 178 valence electrons. The van der Waals surface area contributed by atoms with Crippen LogP contribution in [-0.2, 0) is 17.9 Å². The molecule has 0 radical (unpaired) electrons. The molecule has 0 saturated carbocycles. The summed E-state index contributed by atoms with van der Waals surface area (Å²) >= 11 is 6.50.